The number of ether oxygens (including phenoxy) is 2. The molecule has 1 atom stereocenters. The second kappa shape index (κ2) is 7.71. The van der Waals surface area contributed by atoms with E-state index in [0.717, 1.165) is 0 Å². The lowest BCUT2D eigenvalue weighted by Gasteiger charge is -2.08. The molecule has 0 saturated carbocycles. The minimum absolute atomic E-state index is 0.0779. The summed E-state index contributed by atoms with van der Waals surface area (Å²) in [5, 5.41) is 9.90. The van der Waals surface area contributed by atoms with Crippen LogP contribution in [0.15, 0.2) is 0 Å². The van der Waals surface area contributed by atoms with Crippen molar-refractivity contribution in [1.29, 1.82) is 0 Å². The Kier molecular flexibility index (Phi) is 8.18. The Morgan fingerprint density at radius 2 is 2.30 bits per heavy atom. The number of hydrogen-bond acceptors (Lipinski definition) is 2. The largest absolute Gasteiger partial charge is 0.375 e. The van der Waals surface area contributed by atoms with Crippen LogP contribution in [0.25, 0.3) is 0 Å². The predicted molar refractivity (Wildman–Crippen MR) is 45.8 cm³/mol. The summed E-state index contributed by atoms with van der Waals surface area (Å²) >= 11 is 2.13. The van der Waals surface area contributed by atoms with Crippen LogP contribution in [-0.4, -0.2) is 30.5 Å². The minimum atomic E-state index is -0.171. The number of alkyl halides is 1. The van der Waals surface area contributed by atoms with Gasteiger partial charge in [0.05, 0.1) is 13.2 Å². The van der Waals surface area contributed by atoms with Crippen LogP contribution in [0.4, 0.5) is 0 Å². The molecule has 0 aromatic heterocycles. The third kappa shape index (κ3) is 6.73. The summed E-state index contributed by atoms with van der Waals surface area (Å²) < 4.78 is 10.2. The van der Waals surface area contributed by atoms with Crippen molar-refractivity contribution in [3.63, 3.8) is 0 Å². The van der Waals surface area contributed by atoms with Crippen molar-refractivity contribution in [3.05, 3.63) is 0 Å². The highest BCUT2D eigenvalue weighted by Crippen LogP contribution is 2.01. The van der Waals surface area contributed by atoms with Crippen molar-refractivity contribution in [2.75, 3.05) is 26.4 Å². The summed E-state index contributed by atoms with van der Waals surface area (Å²) in [6.07, 6.45) is 0. The monoisotopic (exact) mass is 259 g/mol. The van der Waals surface area contributed by atoms with E-state index in [1.165, 1.54) is 0 Å². The maximum atomic E-state index is 9.90. The van der Waals surface area contributed by atoms with E-state index in [9.17, 15) is 5.11 Å². The summed E-state index contributed by atoms with van der Waals surface area (Å²) in [7, 11) is 0. The fourth-order valence-corrected chi connectivity index (χ4v) is 1.08. The Bertz CT molecular complexity index is 70.0. The second-order valence-corrected chi connectivity index (χ2v) is 3.03. The zero-order valence-electron chi connectivity index (χ0n) is 6.01. The fraction of sp³-hybridized carbons (Fsp3) is 1.00. The Morgan fingerprint density at radius 1 is 1.60 bits per heavy atom. The van der Waals surface area contributed by atoms with Gasteiger partial charge in [-0.15, -0.1) is 0 Å². The molecule has 1 unspecified atom stereocenters. The maximum absolute atomic E-state index is 9.90. The van der Waals surface area contributed by atoms with Crippen molar-refractivity contribution in [2.24, 2.45) is 0 Å². The molecule has 0 aliphatic rings. The van der Waals surface area contributed by atoms with Crippen LogP contribution in [-0.2, 0) is 14.6 Å². The number of halogens is 1. The molecule has 3 nitrogen and oxygen atoms in total. The molecule has 0 heterocycles. The average Bonchev–Trinajstić information content (AvgIpc) is 1.89. The second-order valence-electron chi connectivity index (χ2n) is 1.64. The highest BCUT2D eigenvalue weighted by atomic mass is 127. The molecule has 0 aromatic carbocycles. The molecule has 0 N–H and O–H groups in total. The molecule has 0 rings (SSSR count). The number of hydrogen-bond donors (Lipinski definition) is 0. The number of rotatable bonds is 6. The van der Waals surface area contributed by atoms with Crippen LogP contribution < -0.4 is 0 Å². The predicted octanol–water partition coefficient (Wildman–Crippen LogP) is 1.23. The molecular weight excluding hydrogens is 247 g/mol. The van der Waals surface area contributed by atoms with Crippen molar-refractivity contribution in [3.8, 4) is 0 Å². The standard InChI is InChI=1S/C6H12IO3/c1-2-10-6(7)5-9-4-3-8/h6H,2-5H2,1H3. The van der Waals surface area contributed by atoms with Gasteiger partial charge in [0.15, 0.2) is 0 Å². The van der Waals surface area contributed by atoms with Crippen LogP contribution >= 0.6 is 22.6 Å². The Labute approximate surface area is 74.8 Å². The lowest BCUT2D eigenvalue weighted by molar-refractivity contribution is 0.0169. The van der Waals surface area contributed by atoms with Crippen LogP contribution in [0, 0.1) is 0 Å². The van der Waals surface area contributed by atoms with Gasteiger partial charge in [0.2, 0.25) is 0 Å². The van der Waals surface area contributed by atoms with Gasteiger partial charge in [-0.1, -0.05) is 0 Å². The first-order valence-electron chi connectivity index (χ1n) is 3.22. The van der Waals surface area contributed by atoms with Gasteiger partial charge in [-0.25, -0.2) is 5.11 Å². The molecule has 0 saturated heterocycles. The van der Waals surface area contributed by atoms with E-state index in [-0.39, 0.29) is 17.3 Å². The Hall–Kier alpha value is 0.610. The first-order valence-corrected chi connectivity index (χ1v) is 4.47. The van der Waals surface area contributed by atoms with Crippen molar-refractivity contribution >= 4 is 22.6 Å². The van der Waals surface area contributed by atoms with Crippen LogP contribution in [0.1, 0.15) is 6.92 Å². The maximum Gasteiger partial charge on any atom is 0.132 e. The molecule has 10 heavy (non-hydrogen) atoms. The highest BCUT2D eigenvalue weighted by molar-refractivity contribution is 14.1. The smallest absolute Gasteiger partial charge is 0.132 e. The molecule has 61 valence electrons. The first-order chi connectivity index (χ1) is 4.81. The Balaban J connectivity index is 2.97. The molecule has 0 aromatic rings. The van der Waals surface area contributed by atoms with Gasteiger partial charge < -0.3 is 9.47 Å². The quantitative estimate of drug-likeness (QED) is 0.409. The lowest BCUT2D eigenvalue weighted by Crippen LogP contribution is -2.13. The van der Waals surface area contributed by atoms with Gasteiger partial charge in [-0.05, 0) is 29.5 Å². The summed E-state index contributed by atoms with van der Waals surface area (Å²) in [6, 6.07) is 0. The van der Waals surface area contributed by atoms with E-state index < -0.39 is 0 Å². The molecule has 0 bridgehead atoms. The summed E-state index contributed by atoms with van der Waals surface area (Å²) in [5.41, 5.74) is 0. The van der Waals surface area contributed by atoms with E-state index in [1.807, 2.05) is 6.92 Å². The molecular formula is C6H12IO3. The van der Waals surface area contributed by atoms with Crippen LogP contribution in [0.3, 0.4) is 0 Å². The van der Waals surface area contributed by atoms with Gasteiger partial charge >= 0.3 is 0 Å². The van der Waals surface area contributed by atoms with E-state index >= 15 is 0 Å². The first kappa shape index (κ1) is 10.6. The van der Waals surface area contributed by atoms with E-state index in [4.69, 9.17) is 9.47 Å². The van der Waals surface area contributed by atoms with Gasteiger partial charge in [-0.2, -0.15) is 0 Å². The third-order valence-electron chi connectivity index (χ3n) is 0.824. The van der Waals surface area contributed by atoms with Gasteiger partial charge in [-0.3, -0.25) is 0 Å². The van der Waals surface area contributed by atoms with Gasteiger partial charge in [0.25, 0.3) is 0 Å². The molecule has 0 aliphatic heterocycles. The van der Waals surface area contributed by atoms with Crippen molar-refractivity contribution < 1.29 is 14.6 Å². The molecule has 4 heteroatoms. The SMILES string of the molecule is CCOC(I)COCC[O]. The summed E-state index contributed by atoms with van der Waals surface area (Å²) in [4.78, 5) is 0. The van der Waals surface area contributed by atoms with Crippen molar-refractivity contribution in [2.45, 2.75) is 11.0 Å². The molecule has 0 fully saturated rings. The zero-order valence-corrected chi connectivity index (χ0v) is 8.17. The minimum Gasteiger partial charge on any atom is -0.375 e. The van der Waals surface area contributed by atoms with Crippen LogP contribution in [0.5, 0.6) is 0 Å². The lowest BCUT2D eigenvalue weighted by atomic mass is 10.7. The molecule has 0 aliphatic carbocycles. The van der Waals surface area contributed by atoms with Gasteiger partial charge in [0, 0.05) is 6.61 Å². The molecule has 0 spiro atoms. The summed E-state index contributed by atoms with van der Waals surface area (Å²) in [6.45, 7) is 3.24. The normalized spacial score (nSPS) is 13.5. The van der Waals surface area contributed by atoms with E-state index in [1.54, 1.807) is 0 Å². The molecule has 0 amide bonds. The molecule has 1 radical (unpaired) electrons. The van der Waals surface area contributed by atoms with Crippen molar-refractivity contribution in [1.82, 2.24) is 0 Å². The van der Waals surface area contributed by atoms with Gasteiger partial charge in [0.1, 0.15) is 10.7 Å². The third-order valence-corrected chi connectivity index (χ3v) is 1.54. The Morgan fingerprint density at radius 3 is 2.80 bits per heavy atom. The summed E-state index contributed by atoms with van der Waals surface area (Å²) in [5.74, 6) is 0. The average molecular weight is 259 g/mol. The fourth-order valence-electron chi connectivity index (χ4n) is 0.464. The van der Waals surface area contributed by atoms with Crippen LogP contribution in [0.2, 0.25) is 0 Å². The van der Waals surface area contributed by atoms with E-state index in [0.29, 0.717) is 13.2 Å². The highest BCUT2D eigenvalue weighted by Gasteiger charge is 2.00. The zero-order chi connectivity index (χ0) is 7.82. The topological polar surface area (TPSA) is 38.4 Å². The van der Waals surface area contributed by atoms with E-state index in [2.05, 4.69) is 22.6 Å².